The van der Waals surface area contributed by atoms with Crippen molar-refractivity contribution in [3.63, 3.8) is 0 Å². The molecule has 26 heavy (non-hydrogen) atoms. The highest BCUT2D eigenvalue weighted by Crippen LogP contribution is 2.20. The molecule has 0 radical (unpaired) electrons. The molecule has 0 heterocycles. The molecule has 140 valence electrons. The Morgan fingerprint density at radius 3 is 2.27 bits per heavy atom. The highest BCUT2D eigenvalue weighted by atomic mass is 32.2. The molecule has 1 N–H and O–H groups in total. The largest absolute Gasteiger partial charge is 0.497 e. The molecule has 2 aromatic rings. The van der Waals surface area contributed by atoms with Gasteiger partial charge in [-0.3, -0.25) is 4.79 Å². The number of carbonyl (C=O) groups is 1. The Balaban J connectivity index is 2.11. The minimum absolute atomic E-state index is 0.0406. The number of para-hydroxylation sites is 1. The molecular formula is C18H22N2O5S. The zero-order valence-corrected chi connectivity index (χ0v) is 15.7. The second kappa shape index (κ2) is 8.68. The van der Waals surface area contributed by atoms with Gasteiger partial charge < -0.3 is 14.8 Å². The second-order valence-corrected chi connectivity index (χ2v) is 7.60. The van der Waals surface area contributed by atoms with Gasteiger partial charge >= 0.3 is 0 Å². The first-order chi connectivity index (χ1) is 12.3. The highest BCUT2D eigenvalue weighted by Gasteiger charge is 2.22. The molecular weight excluding hydrogens is 356 g/mol. The lowest BCUT2D eigenvalue weighted by atomic mass is 10.2. The lowest BCUT2D eigenvalue weighted by Crippen LogP contribution is -2.37. The van der Waals surface area contributed by atoms with Crippen molar-refractivity contribution in [2.75, 3.05) is 32.3 Å². The van der Waals surface area contributed by atoms with Crippen molar-refractivity contribution >= 4 is 21.6 Å². The minimum Gasteiger partial charge on any atom is -0.497 e. The van der Waals surface area contributed by atoms with Crippen LogP contribution in [0.3, 0.4) is 0 Å². The van der Waals surface area contributed by atoms with Gasteiger partial charge in [-0.25, -0.2) is 8.42 Å². The van der Waals surface area contributed by atoms with Crippen LogP contribution in [0.2, 0.25) is 0 Å². The molecule has 0 unspecified atom stereocenters. The Hall–Kier alpha value is -2.58. The third-order valence-corrected chi connectivity index (χ3v) is 4.90. The van der Waals surface area contributed by atoms with Gasteiger partial charge in [0.1, 0.15) is 11.5 Å². The van der Waals surface area contributed by atoms with Crippen molar-refractivity contribution in [1.82, 2.24) is 4.31 Å². The van der Waals surface area contributed by atoms with Crippen LogP contribution in [0.15, 0.2) is 48.5 Å². The van der Waals surface area contributed by atoms with Gasteiger partial charge in [-0.1, -0.05) is 18.2 Å². The summed E-state index contributed by atoms with van der Waals surface area (Å²) in [4.78, 5) is 12.3. The van der Waals surface area contributed by atoms with E-state index in [1.807, 2.05) is 0 Å². The van der Waals surface area contributed by atoms with Crippen LogP contribution in [-0.4, -0.2) is 45.7 Å². The molecule has 0 spiro atoms. The predicted octanol–water partition coefficient (Wildman–Crippen LogP) is 2.10. The summed E-state index contributed by atoms with van der Waals surface area (Å²) in [6.07, 6.45) is 1.07. The minimum atomic E-state index is -3.59. The van der Waals surface area contributed by atoms with Crippen LogP contribution in [0.25, 0.3) is 0 Å². The number of hydrogen-bond donors (Lipinski definition) is 1. The van der Waals surface area contributed by atoms with Gasteiger partial charge in [0.2, 0.25) is 15.9 Å². The molecule has 8 heteroatoms. The summed E-state index contributed by atoms with van der Waals surface area (Å²) >= 11 is 0. The molecule has 0 saturated heterocycles. The van der Waals surface area contributed by atoms with Crippen LogP contribution in [0, 0.1) is 0 Å². The maximum Gasteiger partial charge on any atom is 0.239 e. The van der Waals surface area contributed by atoms with E-state index in [4.69, 9.17) is 9.47 Å². The number of nitrogens with one attached hydrogen (secondary N) is 1. The summed E-state index contributed by atoms with van der Waals surface area (Å²) < 4.78 is 35.6. The van der Waals surface area contributed by atoms with E-state index < -0.39 is 15.9 Å². The third-order valence-electron chi connectivity index (χ3n) is 3.70. The average molecular weight is 378 g/mol. The number of rotatable bonds is 8. The standard InChI is InChI=1S/C18H22N2O5S/c1-24-16-10-8-15(9-11-16)19-18(21)13-20(26(3,22)23)12-14-6-4-5-7-17(14)25-2/h4-11H,12-13H2,1-3H3,(H,19,21). The molecule has 2 aromatic carbocycles. The molecule has 0 aliphatic heterocycles. The van der Waals surface area contributed by atoms with Gasteiger partial charge in [-0.05, 0) is 30.3 Å². The van der Waals surface area contributed by atoms with Gasteiger partial charge in [0.05, 0.1) is 27.0 Å². The normalized spacial score (nSPS) is 11.2. The number of sulfonamides is 1. The fourth-order valence-electron chi connectivity index (χ4n) is 2.35. The molecule has 1 amide bonds. The molecule has 2 rings (SSSR count). The van der Waals surface area contributed by atoms with E-state index in [1.54, 1.807) is 55.6 Å². The first-order valence-electron chi connectivity index (χ1n) is 7.84. The van der Waals surface area contributed by atoms with Crippen molar-refractivity contribution in [3.05, 3.63) is 54.1 Å². The Kier molecular flexibility index (Phi) is 6.59. The number of nitrogens with zero attached hydrogens (tertiary/aromatic N) is 1. The van der Waals surface area contributed by atoms with Crippen LogP contribution < -0.4 is 14.8 Å². The van der Waals surface area contributed by atoms with Gasteiger partial charge in [0, 0.05) is 17.8 Å². The maximum atomic E-state index is 12.3. The monoisotopic (exact) mass is 378 g/mol. The van der Waals surface area contributed by atoms with Crippen LogP contribution in [0.1, 0.15) is 5.56 Å². The Labute approximate surface area is 153 Å². The molecule has 0 bridgehead atoms. The fraction of sp³-hybridized carbons (Fsp3) is 0.278. The maximum absolute atomic E-state index is 12.3. The zero-order chi connectivity index (χ0) is 19.2. The molecule has 0 aromatic heterocycles. The molecule has 0 fully saturated rings. The third kappa shape index (κ3) is 5.47. The number of anilines is 1. The summed E-state index contributed by atoms with van der Waals surface area (Å²) in [6.45, 7) is -0.262. The summed E-state index contributed by atoms with van der Waals surface area (Å²) in [5.41, 5.74) is 1.24. The van der Waals surface area contributed by atoms with E-state index in [1.165, 1.54) is 7.11 Å². The van der Waals surface area contributed by atoms with Crippen molar-refractivity contribution in [3.8, 4) is 11.5 Å². The van der Waals surface area contributed by atoms with Gasteiger partial charge in [0.25, 0.3) is 0 Å². The van der Waals surface area contributed by atoms with Crippen molar-refractivity contribution in [2.45, 2.75) is 6.54 Å². The lowest BCUT2D eigenvalue weighted by Gasteiger charge is -2.20. The van der Waals surface area contributed by atoms with E-state index >= 15 is 0 Å². The fourth-order valence-corrected chi connectivity index (χ4v) is 3.07. The number of methoxy groups -OCH3 is 2. The van der Waals surface area contributed by atoms with Crippen molar-refractivity contribution in [2.24, 2.45) is 0 Å². The van der Waals surface area contributed by atoms with Gasteiger partial charge in [-0.15, -0.1) is 0 Å². The predicted molar refractivity (Wildman–Crippen MR) is 99.9 cm³/mol. The first kappa shape index (κ1) is 19.7. The number of carbonyl (C=O) groups excluding carboxylic acids is 1. The SMILES string of the molecule is COc1ccc(NC(=O)CN(Cc2ccccc2OC)S(C)(=O)=O)cc1. The second-order valence-electron chi connectivity index (χ2n) is 5.62. The number of amides is 1. The smallest absolute Gasteiger partial charge is 0.239 e. The van der Waals surface area contributed by atoms with E-state index in [0.29, 0.717) is 22.7 Å². The molecule has 0 aliphatic rings. The summed E-state index contributed by atoms with van der Waals surface area (Å²) in [7, 11) is -0.524. The first-order valence-corrected chi connectivity index (χ1v) is 9.69. The molecule has 0 aliphatic carbocycles. The summed E-state index contributed by atoms with van der Waals surface area (Å²) in [5, 5.41) is 2.68. The average Bonchev–Trinajstić information content (AvgIpc) is 2.61. The number of benzene rings is 2. The molecule has 7 nitrogen and oxygen atoms in total. The quantitative estimate of drug-likeness (QED) is 0.760. The lowest BCUT2D eigenvalue weighted by molar-refractivity contribution is -0.116. The van der Waals surface area contributed by atoms with Crippen LogP contribution >= 0.6 is 0 Å². The summed E-state index contributed by atoms with van der Waals surface area (Å²) in [6, 6.07) is 13.9. The Bertz CT molecular complexity index is 850. The number of hydrogen-bond acceptors (Lipinski definition) is 5. The van der Waals surface area contributed by atoms with Gasteiger partial charge in [-0.2, -0.15) is 4.31 Å². The topological polar surface area (TPSA) is 84.9 Å². The van der Waals surface area contributed by atoms with E-state index in [-0.39, 0.29) is 13.1 Å². The molecule has 0 saturated carbocycles. The van der Waals surface area contributed by atoms with Crippen LogP contribution in [-0.2, 0) is 21.4 Å². The highest BCUT2D eigenvalue weighted by molar-refractivity contribution is 7.88. The Morgan fingerprint density at radius 2 is 1.69 bits per heavy atom. The van der Waals surface area contributed by atoms with E-state index in [0.717, 1.165) is 10.6 Å². The van der Waals surface area contributed by atoms with E-state index in [9.17, 15) is 13.2 Å². The zero-order valence-electron chi connectivity index (χ0n) is 14.9. The molecule has 0 atom stereocenters. The van der Waals surface area contributed by atoms with Crippen LogP contribution in [0.4, 0.5) is 5.69 Å². The Morgan fingerprint density at radius 1 is 1.04 bits per heavy atom. The van der Waals surface area contributed by atoms with E-state index in [2.05, 4.69) is 5.32 Å². The van der Waals surface area contributed by atoms with Crippen molar-refractivity contribution < 1.29 is 22.7 Å². The number of ether oxygens (including phenoxy) is 2. The summed E-state index contributed by atoms with van der Waals surface area (Å²) in [5.74, 6) is 0.795. The van der Waals surface area contributed by atoms with Gasteiger partial charge in [0.15, 0.2) is 0 Å². The van der Waals surface area contributed by atoms with Crippen molar-refractivity contribution in [1.29, 1.82) is 0 Å². The van der Waals surface area contributed by atoms with Crippen LogP contribution in [0.5, 0.6) is 11.5 Å².